The molecule has 1 unspecified atom stereocenters. The zero-order chi connectivity index (χ0) is 20.6. The van der Waals surface area contributed by atoms with E-state index in [0.29, 0.717) is 24.9 Å². The highest BCUT2D eigenvalue weighted by atomic mass is 16.5. The van der Waals surface area contributed by atoms with E-state index in [9.17, 15) is 0 Å². The predicted octanol–water partition coefficient (Wildman–Crippen LogP) is 3.48. The van der Waals surface area contributed by atoms with Gasteiger partial charge in [0.1, 0.15) is 0 Å². The Kier molecular flexibility index (Phi) is 7.19. The van der Waals surface area contributed by atoms with E-state index < -0.39 is 0 Å². The van der Waals surface area contributed by atoms with Crippen LogP contribution in [0.15, 0.2) is 53.7 Å². The van der Waals surface area contributed by atoms with Gasteiger partial charge in [-0.05, 0) is 36.3 Å². The van der Waals surface area contributed by atoms with Crippen LogP contribution in [-0.2, 0) is 17.9 Å². The van der Waals surface area contributed by atoms with Gasteiger partial charge in [-0.1, -0.05) is 36.4 Å². The number of pyridine rings is 1. The second-order valence-electron chi connectivity index (χ2n) is 8.26. The number of hydrogen-bond donors (Lipinski definition) is 1. The summed E-state index contributed by atoms with van der Waals surface area (Å²) in [7, 11) is 1.84. The molecule has 30 heavy (non-hydrogen) atoms. The van der Waals surface area contributed by atoms with Gasteiger partial charge in [-0.2, -0.15) is 0 Å². The van der Waals surface area contributed by atoms with Crippen LogP contribution < -0.4 is 10.1 Å². The minimum Gasteiger partial charge on any atom is -0.477 e. The molecule has 2 fully saturated rings. The van der Waals surface area contributed by atoms with Gasteiger partial charge in [-0.15, -0.1) is 0 Å². The van der Waals surface area contributed by atoms with E-state index in [-0.39, 0.29) is 0 Å². The molecular formula is C24H32N4O2. The van der Waals surface area contributed by atoms with Crippen LogP contribution >= 0.6 is 0 Å². The maximum absolute atomic E-state index is 5.94. The molecule has 1 aliphatic carbocycles. The molecule has 2 heterocycles. The quantitative estimate of drug-likeness (QED) is 0.508. The lowest BCUT2D eigenvalue weighted by Gasteiger charge is -2.21. The number of ether oxygens (including phenoxy) is 2. The number of nitrogens with zero attached hydrogens (tertiary/aromatic N) is 3. The molecule has 2 aliphatic rings. The molecule has 1 aliphatic heterocycles. The van der Waals surface area contributed by atoms with Crippen molar-refractivity contribution in [2.45, 2.75) is 32.4 Å². The third-order valence-electron chi connectivity index (χ3n) is 5.67. The number of rotatable bonds is 9. The molecule has 1 saturated carbocycles. The number of guanidine groups is 1. The molecule has 1 aromatic heterocycles. The van der Waals surface area contributed by atoms with Crippen molar-refractivity contribution < 1.29 is 9.47 Å². The van der Waals surface area contributed by atoms with Crippen LogP contribution in [0.25, 0.3) is 0 Å². The summed E-state index contributed by atoms with van der Waals surface area (Å²) < 4.78 is 11.6. The number of likely N-dealkylation sites (tertiary alicyclic amines) is 1. The molecule has 0 spiro atoms. The third kappa shape index (κ3) is 6.20. The fourth-order valence-electron chi connectivity index (χ4n) is 3.68. The maximum atomic E-state index is 5.94. The largest absolute Gasteiger partial charge is 0.477 e. The molecule has 0 bridgehead atoms. The normalized spacial score (nSPS) is 19.2. The Balaban J connectivity index is 1.17. The lowest BCUT2D eigenvalue weighted by atomic mass is 10.1. The molecule has 0 amide bonds. The Labute approximate surface area is 179 Å². The van der Waals surface area contributed by atoms with Crippen LogP contribution in [0.5, 0.6) is 5.88 Å². The first-order valence-corrected chi connectivity index (χ1v) is 10.9. The molecule has 0 radical (unpaired) electrons. The minimum absolute atomic E-state index is 0.539. The van der Waals surface area contributed by atoms with Gasteiger partial charge < -0.3 is 19.7 Å². The van der Waals surface area contributed by atoms with Crippen molar-refractivity contribution in [1.29, 1.82) is 0 Å². The molecule has 6 nitrogen and oxygen atoms in total. The van der Waals surface area contributed by atoms with Crippen molar-refractivity contribution in [3.63, 3.8) is 0 Å². The number of aromatic nitrogens is 1. The molecule has 2 aromatic rings. The highest BCUT2D eigenvalue weighted by Gasteiger charge is 2.25. The van der Waals surface area contributed by atoms with Crippen LogP contribution in [0, 0.1) is 11.8 Å². The fourth-order valence-corrected chi connectivity index (χ4v) is 3.68. The Morgan fingerprint density at radius 3 is 2.67 bits per heavy atom. The fraction of sp³-hybridized carbons (Fsp3) is 0.500. The molecule has 1 saturated heterocycles. The van der Waals surface area contributed by atoms with Gasteiger partial charge in [-0.25, -0.2) is 4.98 Å². The number of benzene rings is 1. The van der Waals surface area contributed by atoms with Gasteiger partial charge in [0.15, 0.2) is 5.96 Å². The highest BCUT2D eigenvalue weighted by molar-refractivity contribution is 5.80. The standard InChI is InChI=1S/C24H32N4O2/c1-25-24(27-14-21-9-10-23(26-13-21)30-18-20-7-8-20)28-12-11-22(15-28)17-29-16-19-5-3-2-4-6-19/h2-6,9-10,13,20,22H,7-8,11-12,14-18H2,1H3,(H,25,27). The van der Waals surface area contributed by atoms with E-state index in [1.807, 2.05) is 25.4 Å². The van der Waals surface area contributed by atoms with E-state index in [0.717, 1.165) is 50.2 Å². The summed E-state index contributed by atoms with van der Waals surface area (Å²) in [4.78, 5) is 11.2. The molecule has 4 rings (SSSR count). The molecule has 160 valence electrons. The van der Waals surface area contributed by atoms with Crippen LogP contribution in [0.4, 0.5) is 0 Å². The van der Waals surface area contributed by atoms with E-state index in [1.54, 1.807) is 0 Å². The van der Waals surface area contributed by atoms with Crippen LogP contribution in [-0.4, -0.2) is 49.2 Å². The van der Waals surface area contributed by atoms with E-state index >= 15 is 0 Å². The van der Waals surface area contributed by atoms with Crippen molar-refractivity contribution >= 4 is 5.96 Å². The van der Waals surface area contributed by atoms with Gasteiger partial charge >= 0.3 is 0 Å². The Morgan fingerprint density at radius 1 is 1.07 bits per heavy atom. The Bertz CT molecular complexity index is 806. The number of nitrogens with one attached hydrogen (secondary N) is 1. The second-order valence-corrected chi connectivity index (χ2v) is 8.26. The Hall–Kier alpha value is -2.60. The molecule has 1 N–H and O–H groups in total. The zero-order valence-corrected chi connectivity index (χ0v) is 17.8. The van der Waals surface area contributed by atoms with Gasteiger partial charge in [0.25, 0.3) is 0 Å². The summed E-state index contributed by atoms with van der Waals surface area (Å²) in [6.45, 7) is 4.94. The highest BCUT2D eigenvalue weighted by Crippen LogP contribution is 2.29. The summed E-state index contributed by atoms with van der Waals surface area (Å²) in [5, 5.41) is 3.46. The zero-order valence-electron chi connectivity index (χ0n) is 17.8. The van der Waals surface area contributed by atoms with Gasteiger partial charge in [0.2, 0.25) is 5.88 Å². The number of aliphatic imine (C=N–C) groups is 1. The first kappa shape index (κ1) is 20.7. The lowest BCUT2D eigenvalue weighted by Crippen LogP contribution is -2.39. The molecule has 6 heteroatoms. The number of hydrogen-bond acceptors (Lipinski definition) is 4. The minimum atomic E-state index is 0.539. The second kappa shape index (κ2) is 10.4. The smallest absolute Gasteiger partial charge is 0.213 e. The Morgan fingerprint density at radius 2 is 1.93 bits per heavy atom. The van der Waals surface area contributed by atoms with E-state index in [4.69, 9.17) is 9.47 Å². The van der Waals surface area contributed by atoms with Crippen molar-refractivity contribution in [3.05, 3.63) is 59.8 Å². The topological polar surface area (TPSA) is 59.0 Å². The predicted molar refractivity (Wildman–Crippen MR) is 118 cm³/mol. The summed E-state index contributed by atoms with van der Waals surface area (Å²) in [5.41, 5.74) is 2.35. The van der Waals surface area contributed by atoms with Gasteiger partial charge in [0.05, 0.1) is 19.8 Å². The van der Waals surface area contributed by atoms with Gasteiger partial charge in [-0.3, -0.25) is 4.99 Å². The van der Waals surface area contributed by atoms with Gasteiger partial charge in [0, 0.05) is 44.9 Å². The first-order chi connectivity index (χ1) is 14.8. The van der Waals surface area contributed by atoms with Crippen molar-refractivity contribution in [1.82, 2.24) is 15.2 Å². The summed E-state index contributed by atoms with van der Waals surface area (Å²) in [5.74, 6) is 2.93. The lowest BCUT2D eigenvalue weighted by molar-refractivity contribution is 0.0906. The van der Waals surface area contributed by atoms with Crippen LogP contribution in [0.2, 0.25) is 0 Å². The molecule has 1 aromatic carbocycles. The van der Waals surface area contributed by atoms with E-state index in [2.05, 4.69) is 50.5 Å². The van der Waals surface area contributed by atoms with Crippen LogP contribution in [0.3, 0.4) is 0 Å². The maximum Gasteiger partial charge on any atom is 0.213 e. The molecule has 1 atom stereocenters. The third-order valence-corrected chi connectivity index (χ3v) is 5.67. The SMILES string of the molecule is CN=C(NCc1ccc(OCC2CC2)nc1)N1CCC(COCc2ccccc2)C1. The van der Waals surface area contributed by atoms with Crippen molar-refractivity contribution in [2.75, 3.05) is 33.4 Å². The first-order valence-electron chi connectivity index (χ1n) is 10.9. The summed E-state index contributed by atoms with van der Waals surface area (Å²) in [6.07, 6.45) is 5.59. The van der Waals surface area contributed by atoms with Crippen molar-refractivity contribution in [2.24, 2.45) is 16.8 Å². The van der Waals surface area contributed by atoms with Crippen molar-refractivity contribution in [3.8, 4) is 5.88 Å². The van der Waals surface area contributed by atoms with Crippen LogP contribution in [0.1, 0.15) is 30.4 Å². The summed E-state index contributed by atoms with van der Waals surface area (Å²) in [6, 6.07) is 14.4. The molecular weight excluding hydrogens is 376 g/mol. The average Bonchev–Trinajstić information content (AvgIpc) is 3.51. The summed E-state index contributed by atoms with van der Waals surface area (Å²) >= 11 is 0. The van der Waals surface area contributed by atoms with E-state index in [1.165, 1.54) is 18.4 Å². The average molecular weight is 409 g/mol. The monoisotopic (exact) mass is 408 g/mol.